The van der Waals surface area contributed by atoms with Crippen LogP contribution in [0.3, 0.4) is 0 Å². The summed E-state index contributed by atoms with van der Waals surface area (Å²) >= 11 is 0. The van der Waals surface area contributed by atoms with E-state index in [4.69, 9.17) is 4.74 Å². The van der Waals surface area contributed by atoms with Gasteiger partial charge in [0.15, 0.2) is 11.6 Å². The highest BCUT2D eigenvalue weighted by molar-refractivity contribution is 5.91. The third-order valence-electron chi connectivity index (χ3n) is 5.25. The zero-order valence-electron chi connectivity index (χ0n) is 23.3. The van der Waals surface area contributed by atoms with Gasteiger partial charge in [-0.15, -0.1) is 0 Å². The Hall–Kier alpha value is -4.17. The molecule has 0 radical (unpaired) electrons. The standard InChI is InChI=1S/C28H38FN7O3/c1-6-15-31-27-21(19-32-28(34-27)33-22-13-14-23(29)24(18-22)39-5)11-8-7-9-16-30-25(37)20-36(4)26(38)12-10-17-35(2)3/h10,12-14,18-19H,6-7,9,15-17,20H2,1-5H3,(H,30,37)(H2,31,32,33,34)/b12-10+. The zero-order valence-corrected chi connectivity index (χ0v) is 23.3. The molecule has 0 aliphatic heterocycles. The first kappa shape index (κ1) is 31.1. The van der Waals surface area contributed by atoms with Crippen molar-refractivity contribution in [3.8, 4) is 17.6 Å². The fourth-order valence-corrected chi connectivity index (χ4v) is 3.18. The number of hydrogen-bond donors (Lipinski definition) is 3. The normalized spacial score (nSPS) is 10.6. The number of hydrogen-bond acceptors (Lipinski definition) is 8. The van der Waals surface area contributed by atoms with Crippen molar-refractivity contribution < 1.29 is 18.7 Å². The first-order valence-corrected chi connectivity index (χ1v) is 12.8. The Morgan fingerprint density at radius 3 is 2.72 bits per heavy atom. The summed E-state index contributed by atoms with van der Waals surface area (Å²) in [6.07, 6.45) is 6.98. The molecule has 0 aliphatic rings. The third kappa shape index (κ3) is 11.4. The first-order chi connectivity index (χ1) is 18.7. The van der Waals surface area contributed by atoms with E-state index < -0.39 is 5.82 Å². The molecule has 10 nitrogen and oxygen atoms in total. The van der Waals surface area contributed by atoms with Gasteiger partial charge >= 0.3 is 0 Å². The van der Waals surface area contributed by atoms with E-state index in [-0.39, 0.29) is 24.1 Å². The number of unbranched alkanes of at least 4 members (excludes halogenated alkanes) is 1. The molecule has 0 atom stereocenters. The second kappa shape index (κ2) is 16.6. The summed E-state index contributed by atoms with van der Waals surface area (Å²) in [6, 6.07) is 4.42. The maximum absolute atomic E-state index is 13.7. The van der Waals surface area contributed by atoms with E-state index in [2.05, 4.69) is 37.8 Å². The van der Waals surface area contributed by atoms with Crippen molar-refractivity contribution in [1.82, 2.24) is 25.1 Å². The van der Waals surface area contributed by atoms with Gasteiger partial charge in [-0.3, -0.25) is 9.59 Å². The van der Waals surface area contributed by atoms with E-state index in [1.807, 2.05) is 25.9 Å². The van der Waals surface area contributed by atoms with Crippen molar-refractivity contribution >= 4 is 29.3 Å². The number of anilines is 3. The van der Waals surface area contributed by atoms with Gasteiger partial charge in [-0.2, -0.15) is 4.98 Å². The molecule has 3 N–H and O–H groups in total. The number of ether oxygens (including phenoxy) is 1. The molecule has 210 valence electrons. The minimum absolute atomic E-state index is 0.00823. The first-order valence-electron chi connectivity index (χ1n) is 12.8. The molecule has 0 spiro atoms. The molecule has 0 aliphatic carbocycles. The van der Waals surface area contributed by atoms with E-state index in [1.54, 1.807) is 25.4 Å². The van der Waals surface area contributed by atoms with Crippen molar-refractivity contribution in [2.75, 3.05) is 65.1 Å². The van der Waals surface area contributed by atoms with E-state index >= 15 is 0 Å². The Kier molecular flexibility index (Phi) is 13.2. The molecule has 0 bridgehead atoms. The van der Waals surface area contributed by atoms with Crippen LogP contribution >= 0.6 is 0 Å². The van der Waals surface area contributed by atoms with Crippen LogP contribution in [0.1, 0.15) is 31.7 Å². The summed E-state index contributed by atoms with van der Waals surface area (Å²) in [6.45, 7) is 3.86. The van der Waals surface area contributed by atoms with Crippen LogP contribution in [0.15, 0.2) is 36.5 Å². The maximum Gasteiger partial charge on any atom is 0.246 e. The van der Waals surface area contributed by atoms with E-state index in [0.717, 1.165) is 6.42 Å². The number of carbonyl (C=O) groups is 2. The number of carbonyl (C=O) groups excluding carboxylic acids is 2. The molecule has 2 amide bonds. The number of halogens is 1. The molecule has 1 aromatic carbocycles. The number of benzene rings is 1. The number of aromatic nitrogens is 2. The summed E-state index contributed by atoms with van der Waals surface area (Å²) in [7, 11) is 6.82. The van der Waals surface area contributed by atoms with Gasteiger partial charge in [0.1, 0.15) is 5.82 Å². The number of rotatable bonds is 14. The van der Waals surface area contributed by atoms with Crippen LogP contribution in [0.5, 0.6) is 5.75 Å². The van der Waals surface area contributed by atoms with Gasteiger partial charge in [-0.05, 0) is 39.1 Å². The van der Waals surface area contributed by atoms with Crippen LogP contribution in [0, 0.1) is 17.7 Å². The Labute approximate surface area is 230 Å². The lowest BCUT2D eigenvalue weighted by molar-refractivity contribution is -0.131. The fraction of sp³-hybridized carbons (Fsp3) is 0.429. The molecule has 0 unspecified atom stereocenters. The average molecular weight is 540 g/mol. The molecule has 0 saturated carbocycles. The Morgan fingerprint density at radius 1 is 1.21 bits per heavy atom. The minimum atomic E-state index is -0.453. The quantitative estimate of drug-likeness (QED) is 0.191. The number of nitrogens with zero attached hydrogens (tertiary/aromatic N) is 4. The van der Waals surface area contributed by atoms with Gasteiger partial charge in [0.05, 0.1) is 25.4 Å². The van der Waals surface area contributed by atoms with Crippen LogP contribution in [-0.2, 0) is 9.59 Å². The lowest BCUT2D eigenvalue weighted by Crippen LogP contribution is -2.38. The molecular weight excluding hydrogens is 501 g/mol. The van der Waals surface area contributed by atoms with Gasteiger partial charge < -0.3 is 30.5 Å². The second-order valence-electron chi connectivity index (χ2n) is 8.97. The third-order valence-corrected chi connectivity index (χ3v) is 5.25. The van der Waals surface area contributed by atoms with E-state index in [9.17, 15) is 14.0 Å². The zero-order chi connectivity index (χ0) is 28.6. The van der Waals surface area contributed by atoms with Gasteiger partial charge in [-0.1, -0.05) is 24.8 Å². The van der Waals surface area contributed by atoms with Crippen molar-refractivity contribution in [1.29, 1.82) is 0 Å². The van der Waals surface area contributed by atoms with Crippen molar-refractivity contribution in [2.24, 2.45) is 0 Å². The van der Waals surface area contributed by atoms with Crippen LogP contribution in [0.2, 0.25) is 0 Å². The predicted molar refractivity (Wildman–Crippen MR) is 152 cm³/mol. The van der Waals surface area contributed by atoms with E-state index in [1.165, 1.54) is 30.2 Å². The molecule has 0 saturated heterocycles. The summed E-state index contributed by atoms with van der Waals surface area (Å²) in [4.78, 5) is 36.3. The smallest absolute Gasteiger partial charge is 0.246 e. The van der Waals surface area contributed by atoms with Gasteiger partial charge in [0.25, 0.3) is 0 Å². The SMILES string of the molecule is CCCNc1nc(Nc2ccc(F)c(OC)c2)ncc1C#CCCCNC(=O)CN(C)C(=O)/C=C/CN(C)C. The van der Waals surface area contributed by atoms with Gasteiger partial charge in [0, 0.05) is 50.9 Å². The number of nitrogens with one attached hydrogen (secondary N) is 3. The topological polar surface area (TPSA) is 112 Å². The molecule has 2 rings (SSSR count). The largest absolute Gasteiger partial charge is 0.494 e. The number of amides is 2. The average Bonchev–Trinajstić information content (AvgIpc) is 2.90. The second-order valence-corrected chi connectivity index (χ2v) is 8.97. The van der Waals surface area contributed by atoms with Crippen molar-refractivity contribution in [3.05, 3.63) is 47.9 Å². The molecule has 2 aromatic rings. The highest BCUT2D eigenvalue weighted by atomic mass is 19.1. The Bertz CT molecular complexity index is 1190. The van der Waals surface area contributed by atoms with Gasteiger partial charge in [0.2, 0.25) is 17.8 Å². The molecule has 39 heavy (non-hydrogen) atoms. The van der Waals surface area contributed by atoms with Crippen LogP contribution in [-0.4, -0.2) is 86.0 Å². The summed E-state index contributed by atoms with van der Waals surface area (Å²) < 4.78 is 18.7. The Balaban J connectivity index is 1.87. The lowest BCUT2D eigenvalue weighted by Gasteiger charge is -2.14. The van der Waals surface area contributed by atoms with Crippen molar-refractivity contribution in [3.63, 3.8) is 0 Å². The fourth-order valence-electron chi connectivity index (χ4n) is 3.18. The summed E-state index contributed by atoms with van der Waals surface area (Å²) in [5.41, 5.74) is 1.24. The number of methoxy groups -OCH3 is 1. The highest BCUT2D eigenvalue weighted by Gasteiger charge is 2.10. The number of likely N-dealkylation sites (N-methyl/N-ethyl adjacent to an activating group) is 2. The Morgan fingerprint density at radius 2 is 2.00 bits per heavy atom. The summed E-state index contributed by atoms with van der Waals surface area (Å²) in [5, 5.41) is 9.12. The van der Waals surface area contributed by atoms with Crippen LogP contribution in [0.4, 0.5) is 21.8 Å². The maximum atomic E-state index is 13.7. The lowest BCUT2D eigenvalue weighted by atomic mass is 10.2. The highest BCUT2D eigenvalue weighted by Crippen LogP contribution is 2.24. The molecule has 11 heteroatoms. The van der Waals surface area contributed by atoms with E-state index in [0.29, 0.717) is 55.5 Å². The van der Waals surface area contributed by atoms with Gasteiger partial charge in [-0.25, -0.2) is 9.37 Å². The molecule has 1 aromatic heterocycles. The van der Waals surface area contributed by atoms with Crippen LogP contribution < -0.4 is 20.7 Å². The minimum Gasteiger partial charge on any atom is -0.494 e. The molecule has 1 heterocycles. The monoisotopic (exact) mass is 539 g/mol. The van der Waals surface area contributed by atoms with Crippen molar-refractivity contribution in [2.45, 2.75) is 26.2 Å². The van der Waals surface area contributed by atoms with Crippen LogP contribution in [0.25, 0.3) is 0 Å². The predicted octanol–water partition coefficient (Wildman–Crippen LogP) is 3.01. The molecular formula is C28H38FN7O3. The molecule has 0 fully saturated rings. The summed E-state index contributed by atoms with van der Waals surface area (Å²) in [5.74, 6) is 6.35.